The SMILES string of the molecule is CCCOc1cccc(C(CC2CCCCC2)NC)c1. The molecule has 1 atom stereocenters. The molecular formula is C18H29NO. The van der Waals surface area contributed by atoms with Gasteiger partial charge in [-0.05, 0) is 43.5 Å². The van der Waals surface area contributed by atoms with Crippen molar-refractivity contribution in [3.05, 3.63) is 29.8 Å². The van der Waals surface area contributed by atoms with E-state index in [0.29, 0.717) is 6.04 Å². The van der Waals surface area contributed by atoms with Gasteiger partial charge in [-0.15, -0.1) is 0 Å². The Bertz CT molecular complexity index is 385. The molecule has 2 nitrogen and oxygen atoms in total. The Labute approximate surface area is 123 Å². The lowest BCUT2D eigenvalue weighted by atomic mass is 9.83. The molecule has 0 spiro atoms. The third kappa shape index (κ3) is 4.52. The van der Waals surface area contributed by atoms with Gasteiger partial charge < -0.3 is 10.1 Å². The predicted molar refractivity (Wildman–Crippen MR) is 85.2 cm³/mol. The summed E-state index contributed by atoms with van der Waals surface area (Å²) in [6.45, 7) is 2.94. The minimum Gasteiger partial charge on any atom is -0.494 e. The van der Waals surface area contributed by atoms with Gasteiger partial charge in [0.1, 0.15) is 5.75 Å². The summed E-state index contributed by atoms with van der Waals surface area (Å²) in [5.74, 6) is 1.90. The van der Waals surface area contributed by atoms with Crippen LogP contribution in [-0.4, -0.2) is 13.7 Å². The second-order valence-electron chi connectivity index (χ2n) is 6.00. The summed E-state index contributed by atoms with van der Waals surface area (Å²) in [7, 11) is 2.08. The summed E-state index contributed by atoms with van der Waals surface area (Å²) >= 11 is 0. The first-order chi connectivity index (χ1) is 9.83. The number of ether oxygens (including phenoxy) is 1. The van der Waals surface area contributed by atoms with Crippen molar-refractivity contribution in [3.8, 4) is 5.75 Å². The van der Waals surface area contributed by atoms with Crippen molar-refractivity contribution >= 4 is 0 Å². The zero-order valence-electron chi connectivity index (χ0n) is 13.0. The lowest BCUT2D eigenvalue weighted by molar-refractivity contribution is 0.302. The standard InChI is InChI=1S/C18H29NO/c1-3-12-20-17-11-7-10-16(14-17)18(19-2)13-15-8-5-4-6-9-15/h7,10-11,14-15,18-19H,3-6,8-9,12-13H2,1-2H3. The van der Waals surface area contributed by atoms with E-state index in [0.717, 1.165) is 24.7 Å². The average Bonchev–Trinajstić information content (AvgIpc) is 2.52. The van der Waals surface area contributed by atoms with E-state index in [4.69, 9.17) is 4.74 Å². The maximum absolute atomic E-state index is 5.75. The van der Waals surface area contributed by atoms with Crippen LogP contribution in [0.3, 0.4) is 0 Å². The van der Waals surface area contributed by atoms with Crippen molar-refractivity contribution in [1.29, 1.82) is 0 Å². The van der Waals surface area contributed by atoms with Gasteiger partial charge in [0, 0.05) is 6.04 Å². The van der Waals surface area contributed by atoms with E-state index in [1.807, 2.05) is 0 Å². The quantitative estimate of drug-likeness (QED) is 0.778. The van der Waals surface area contributed by atoms with Crippen molar-refractivity contribution in [1.82, 2.24) is 5.32 Å². The number of benzene rings is 1. The van der Waals surface area contributed by atoms with E-state index in [-0.39, 0.29) is 0 Å². The Kier molecular flexibility index (Phi) is 6.38. The molecule has 1 aliphatic rings. The summed E-state index contributed by atoms with van der Waals surface area (Å²) in [4.78, 5) is 0. The van der Waals surface area contributed by atoms with E-state index in [2.05, 4.69) is 43.6 Å². The Morgan fingerprint density at radius 3 is 2.75 bits per heavy atom. The van der Waals surface area contributed by atoms with Crippen molar-refractivity contribution in [2.75, 3.05) is 13.7 Å². The summed E-state index contributed by atoms with van der Waals surface area (Å²) in [5, 5.41) is 3.49. The molecule has 1 fully saturated rings. The van der Waals surface area contributed by atoms with Crippen LogP contribution in [0.5, 0.6) is 5.75 Å². The highest BCUT2D eigenvalue weighted by Crippen LogP contribution is 2.32. The normalized spacial score (nSPS) is 17.9. The maximum atomic E-state index is 5.75. The van der Waals surface area contributed by atoms with Crippen LogP contribution in [0.2, 0.25) is 0 Å². The van der Waals surface area contributed by atoms with Gasteiger partial charge in [-0.3, -0.25) is 0 Å². The molecule has 2 rings (SSSR count). The van der Waals surface area contributed by atoms with Gasteiger partial charge in [-0.25, -0.2) is 0 Å². The Hall–Kier alpha value is -1.02. The van der Waals surface area contributed by atoms with E-state index >= 15 is 0 Å². The minimum atomic E-state index is 0.461. The van der Waals surface area contributed by atoms with Crippen LogP contribution in [0.25, 0.3) is 0 Å². The van der Waals surface area contributed by atoms with Gasteiger partial charge in [0.25, 0.3) is 0 Å². The van der Waals surface area contributed by atoms with Crippen LogP contribution in [0.1, 0.15) is 63.5 Å². The molecule has 2 heteroatoms. The molecule has 112 valence electrons. The molecule has 1 N–H and O–H groups in total. The van der Waals surface area contributed by atoms with Crippen molar-refractivity contribution in [2.45, 2.75) is 57.9 Å². The summed E-state index contributed by atoms with van der Waals surface area (Å²) in [6.07, 6.45) is 9.40. The van der Waals surface area contributed by atoms with Gasteiger partial charge in [-0.1, -0.05) is 51.2 Å². The number of rotatable bonds is 7. The largest absolute Gasteiger partial charge is 0.494 e. The fourth-order valence-electron chi connectivity index (χ4n) is 3.22. The zero-order valence-corrected chi connectivity index (χ0v) is 13.0. The second kappa shape index (κ2) is 8.31. The topological polar surface area (TPSA) is 21.3 Å². The van der Waals surface area contributed by atoms with Crippen LogP contribution in [-0.2, 0) is 0 Å². The highest BCUT2D eigenvalue weighted by Gasteiger charge is 2.19. The Morgan fingerprint density at radius 2 is 2.05 bits per heavy atom. The third-order valence-corrected chi connectivity index (χ3v) is 4.38. The number of nitrogens with one attached hydrogen (secondary N) is 1. The maximum Gasteiger partial charge on any atom is 0.119 e. The first kappa shape index (κ1) is 15.4. The highest BCUT2D eigenvalue weighted by molar-refractivity contribution is 5.30. The van der Waals surface area contributed by atoms with Crippen LogP contribution in [0, 0.1) is 5.92 Å². The van der Waals surface area contributed by atoms with Gasteiger partial charge in [0.2, 0.25) is 0 Å². The van der Waals surface area contributed by atoms with E-state index in [9.17, 15) is 0 Å². The van der Waals surface area contributed by atoms with Gasteiger partial charge in [-0.2, -0.15) is 0 Å². The molecular weight excluding hydrogens is 246 g/mol. The number of hydrogen-bond donors (Lipinski definition) is 1. The molecule has 1 saturated carbocycles. The fraction of sp³-hybridized carbons (Fsp3) is 0.667. The smallest absolute Gasteiger partial charge is 0.119 e. The monoisotopic (exact) mass is 275 g/mol. The van der Waals surface area contributed by atoms with Crippen molar-refractivity contribution in [2.24, 2.45) is 5.92 Å². The molecule has 0 aromatic heterocycles. The van der Waals surface area contributed by atoms with Crippen LogP contribution >= 0.6 is 0 Å². The molecule has 1 aromatic rings. The lowest BCUT2D eigenvalue weighted by Gasteiger charge is -2.26. The summed E-state index contributed by atoms with van der Waals surface area (Å²) in [5.41, 5.74) is 1.37. The molecule has 0 heterocycles. The molecule has 0 amide bonds. The molecule has 0 aliphatic heterocycles. The van der Waals surface area contributed by atoms with Gasteiger partial charge in [0.15, 0.2) is 0 Å². The molecule has 20 heavy (non-hydrogen) atoms. The molecule has 0 bridgehead atoms. The first-order valence-corrected chi connectivity index (χ1v) is 8.23. The summed E-state index contributed by atoms with van der Waals surface area (Å²) < 4.78 is 5.75. The predicted octanol–water partition coefficient (Wildman–Crippen LogP) is 4.71. The van der Waals surface area contributed by atoms with Crippen LogP contribution in [0.15, 0.2) is 24.3 Å². The molecule has 1 aromatic carbocycles. The average molecular weight is 275 g/mol. The zero-order chi connectivity index (χ0) is 14.2. The number of hydrogen-bond acceptors (Lipinski definition) is 2. The second-order valence-corrected chi connectivity index (χ2v) is 6.00. The fourth-order valence-corrected chi connectivity index (χ4v) is 3.22. The van der Waals surface area contributed by atoms with Gasteiger partial charge in [0.05, 0.1) is 6.61 Å². The van der Waals surface area contributed by atoms with E-state index < -0.39 is 0 Å². The van der Waals surface area contributed by atoms with Crippen LogP contribution < -0.4 is 10.1 Å². The minimum absolute atomic E-state index is 0.461. The van der Waals surface area contributed by atoms with E-state index in [1.165, 1.54) is 44.1 Å². The molecule has 1 aliphatic carbocycles. The van der Waals surface area contributed by atoms with Crippen molar-refractivity contribution in [3.63, 3.8) is 0 Å². The molecule has 1 unspecified atom stereocenters. The first-order valence-electron chi connectivity index (χ1n) is 8.23. The highest BCUT2D eigenvalue weighted by atomic mass is 16.5. The lowest BCUT2D eigenvalue weighted by Crippen LogP contribution is -2.21. The Balaban J connectivity index is 1.98. The molecule has 0 saturated heterocycles. The Morgan fingerprint density at radius 1 is 1.25 bits per heavy atom. The van der Waals surface area contributed by atoms with E-state index in [1.54, 1.807) is 0 Å². The van der Waals surface area contributed by atoms with Gasteiger partial charge >= 0.3 is 0 Å². The third-order valence-electron chi connectivity index (χ3n) is 4.38. The summed E-state index contributed by atoms with van der Waals surface area (Å²) in [6, 6.07) is 9.07. The molecule has 0 radical (unpaired) electrons. The van der Waals surface area contributed by atoms with Crippen LogP contribution in [0.4, 0.5) is 0 Å². The van der Waals surface area contributed by atoms with Crippen molar-refractivity contribution < 1.29 is 4.74 Å².